The van der Waals surface area contributed by atoms with Crippen LogP contribution in [-0.4, -0.2) is 52.8 Å². The van der Waals surface area contributed by atoms with Gasteiger partial charge in [0.05, 0.1) is 15.2 Å². The van der Waals surface area contributed by atoms with Gasteiger partial charge in [-0.2, -0.15) is 0 Å². The molecule has 2 aliphatic rings. The highest BCUT2D eigenvalue weighted by Gasteiger charge is 2.30. The number of thiazole rings is 1. The molecule has 0 spiro atoms. The topological polar surface area (TPSA) is 53.5 Å². The van der Waals surface area contributed by atoms with Gasteiger partial charge in [0, 0.05) is 44.9 Å². The number of amides is 2. The summed E-state index contributed by atoms with van der Waals surface area (Å²) in [6, 6.07) is 8.09. The van der Waals surface area contributed by atoms with E-state index in [1.54, 1.807) is 11.3 Å². The quantitative estimate of drug-likeness (QED) is 0.830. The second-order valence-corrected chi connectivity index (χ2v) is 8.38. The Labute approximate surface area is 158 Å². The van der Waals surface area contributed by atoms with Crippen molar-refractivity contribution < 1.29 is 9.59 Å². The molecule has 2 fully saturated rings. The molecule has 2 heterocycles. The lowest BCUT2D eigenvalue weighted by Gasteiger charge is -2.36. The van der Waals surface area contributed by atoms with Crippen molar-refractivity contribution in [2.24, 2.45) is 5.92 Å². The zero-order valence-corrected chi connectivity index (χ0v) is 15.8. The fourth-order valence-corrected chi connectivity index (χ4v) is 4.97. The van der Waals surface area contributed by atoms with E-state index in [2.05, 4.69) is 11.1 Å². The van der Waals surface area contributed by atoms with Gasteiger partial charge in [-0.05, 0) is 25.0 Å². The van der Waals surface area contributed by atoms with E-state index in [0.29, 0.717) is 44.9 Å². The molecular formula is C20H25N3O2S. The molecule has 1 saturated heterocycles. The standard InChI is InChI=1S/C20H25N3O2S/c24-19(10-9-18-21-16-7-3-4-8-17(16)26-18)22-11-13-23(14-12-22)20(25)15-5-1-2-6-15/h3-4,7-8,15H,1-2,5-6,9-14H2. The molecule has 0 radical (unpaired) electrons. The van der Waals surface area contributed by atoms with Crippen LogP contribution in [0.5, 0.6) is 0 Å². The number of hydrogen-bond donors (Lipinski definition) is 0. The normalized spacial score (nSPS) is 18.6. The molecule has 1 aliphatic heterocycles. The largest absolute Gasteiger partial charge is 0.339 e. The van der Waals surface area contributed by atoms with Gasteiger partial charge in [0.15, 0.2) is 0 Å². The number of aromatic nitrogens is 1. The van der Waals surface area contributed by atoms with E-state index in [1.165, 1.54) is 17.5 Å². The molecule has 1 aliphatic carbocycles. The summed E-state index contributed by atoms with van der Waals surface area (Å²) < 4.78 is 1.17. The van der Waals surface area contributed by atoms with Gasteiger partial charge in [-0.25, -0.2) is 4.98 Å². The van der Waals surface area contributed by atoms with Crippen molar-refractivity contribution >= 4 is 33.4 Å². The van der Waals surface area contributed by atoms with Crippen LogP contribution in [0, 0.1) is 5.92 Å². The first-order chi connectivity index (χ1) is 12.7. The molecule has 6 heteroatoms. The van der Waals surface area contributed by atoms with E-state index in [4.69, 9.17) is 0 Å². The van der Waals surface area contributed by atoms with Gasteiger partial charge in [-0.15, -0.1) is 11.3 Å². The Morgan fingerprint density at radius 2 is 1.73 bits per heavy atom. The second-order valence-electron chi connectivity index (χ2n) is 7.26. The van der Waals surface area contributed by atoms with Crippen molar-refractivity contribution in [2.75, 3.05) is 26.2 Å². The van der Waals surface area contributed by atoms with Crippen molar-refractivity contribution in [3.63, 3.8) is 0 Å². The monoisotopic (exact) mass is 371 g/mol. The fraction of sp³-hybridized carbons (Fsp3) is 0.550. The summed E-state index contributed by atoms with van der Waals surface area (Å²) in [7, 11) is 0. The average molecular weight is 372 g/mol. The molecule has 0 N–H and O–H groups in total. The van der Waals surface area contributed by atoms with Gasteiger partial charge in [-0.1, -0.05) is 25.0 Å². The molecule has 1 saturated carbocycles. The number of carbonyl (C=O) groups is 2. The average Bonchev–Trinajstić information content (AvgIpc) is 3.35. The molecule has 1 aromatic heterocycles. The van der Waals surface area contributed by atoms with E-state index in [1.807, 2.05) is 28.0 Å². The molecule has 5 nitrogen and oxygen atoms in total. The molecule has 2 amide bonds. The first kappa shape index (κ1) is 17.5. The van der Waals surface area contributed by atoms with Crippen molar-refractivity contribution in [1.82, 2.24) is 14.8 Å². The number of benzene rings is 1. The van der Waals surface area contributed by atoms with Crippen molar-refractivity contribution in [2.45, 2.75) is 38.5 Å². The summed E-state index contributed by atoms with van der Waals surface area (Å²) >= 11 is 1.67. The smallest absolute Gasteiger partial charge is 0.225 e. The Bertz CT molecular complexity index is 756. The van der Waals surface area contributed by atoms with Crippen LogP contribution in [0.25, 0.3) is 10.2 Å². The number of para-hydroxylation sites is 1. The Hall–Kier alpha value is -1.95. The number of aryl methyl sites for hydroxylation is 1. The number of rotatable bonds is 4. The van der Waals surface area contributed by atoms with Crippen LogP contribution < -0.4 is 0 Å². The maximum Gasteiger partial charge on any atom is 0.225 e. The number of piperazine rings is 1. The van der Waals surface area contributed by atoms with Gasteiger partial charge in [0.25, 0.3) is 0 Å². The minimum absolute atomic E-state index is 0.178. The van der Waals surface area contributed by atoms with E-state index in [9.17, 15) is 9.59 Å². The highest BCUT2D eigenvalue weighted by Crippen LogP contribution is 2.27. The maximum atomic E-state index is 12.5. The zero-order valence-electron chi connectivity index (χ0n) is 15.0. The van der Waals surface area contributed by atoms with E-state index in [-0.39, 0.29) is 11.8 Å². The molecule has 0 atom stereocenters. The lowest BCUT2D eigenvalue weighted by Crippen LogP contribution is -2.51. The molecule has 138 valence electrons. The van der Waals surface area contributed by atoms with E-state index < -0.39 is 0 Å². The minimum atomic E-state index is 0.178. The molecule has 4 rings (SSSR count). The molecular weight excluding hydrogens is 346 g/mol. The van der Waals surface area contributed by atoms with Gasteiger partial charge in [0.1, 0.15) is 0 Å². The van der Waals surface area contributed by atoms with Crippen LogP contribution in [0.1, 0.15) is 37.1 Å². The molecule has 0 unspecified atom stereocenters. The van der Waals surface area contributed by atoms with Gasteiger partial charge < -0.3 is 9.80 Å². The molecule has 26 heavy (non-hydrogen) atoms. The lowest BCUT2D eigenvalue weighted by atomic mass is 10.1. The van der Waals surface area contributed by atoms with Crippen molar-refractivity contribution in [1.29, 1.82) is 0 Å². The Morgan fingerprint density at radius 1 is 1.04 bits per heavy atom. The summed E-state index contributed by atoms with van der Waals surface area (Å²) in [5, 5.41) is 1.02. The van der Waals surface area contributed by atoms with Gasteiger partial charge in [0.2, 0.25) is 11.8 Å². The third-order valence-corrected chi connectivity index (χ3v) is 6.64. The third-order valence-electron chi connectivity index (χ3n) is 5.54. The Morgan fingerprint density at radius 3 is 2.46 bits per heavy atom. The van der Waals surface area contributed by atoms with E-state index in [0.717, 1.165) is 23.4 Å². The summed E-state index contributed by atoms with van der Waals surface area (Å²) in [6.45, 7) is 2.69. The summed E-state index contributed by atoms with van der Waals surface area (Å²) in [4.78, 5) is 33.5. The van der Waals surface area contributed by atoms with Crippen molar-refractivity contribution in [3.8, 4) is 0 Å². The van der Waals surface area contributed by atoms with Crippen molar-refractivity contribution in [3.05, 3.63) is 29.3 Å². The Balaban J connectivity index is 1.26. The first-order valence-electron chi connectivity index (χ1n) is 9.62. The SMILES string of the molecule is O=C(CCc1nc2ccccc2s1)N1CCN(C(=O)C2CCCC2)CC1. The summed E-state index contributed by atoms with van der Waals surface area (Å²) in [6.07, 6.45) is 5.64. The molecule has 0 bridgehead atoms. The Kier molecular flexibility index (Phi) is 5.20. The predicted octanol–water partition coefficient (Wildman–Crippen LogP) is 3.09. The van der Waals surface area contributed by atoms with E-state index >= 15 is 0 Å². The number of nitrogens with zero attached hydrogens (tertiary/aromatic N) is 3. The zero-order chi connectivity index (χ0) is 17.9. The van der Waals surface area contributed by atoms with Crippen LogP contribution >= 0.6 is 11.3 Å². The maximum absolute atomic E-state index is 12.5. The first-order valence-corrected chi connectivity index (χ1v) is 10.4. The predicted molar refractivity (Wildman–Crippen MR) is 103 cm³/mol. The van der Waals surface area contributed by atoms with Crippen LogP contribution in [0.3, 0.4) is 0 Å². The van der Waals surface area contributed by atoms with Crippen LogP contribution in [-0.2, 0) is 16.0 Å². The lowest BCUT2D eigenvalue weighted by molar-refractivity contribution is -0.142. The number of fused-ring (bicyclic) bond motifs is 1. The highest BCUT2D eigenvalue weighted by atomic mass is 32.1. The van der Waals surface area contributed by atoms with Crippen LogP contribution in [0.4, 0.5) is 0 Å². The second kappa shape index (κ2) is 7.74. The number of carbonyl (C=O) groups excluding carboxylic acids is 2. The summed E-state index contributed by atoms with van der Waals surface area (Å²) in [5.41, 5.74) is 1.01. The highest BCUT2D eigenvalue weighted by molar-refractivity contribution is 7.18. The number of hydrogen-bond acceptors (Lipinski definition) is 4. The van der Waals surface area contributed by atoms with Gasteiger partial charge >= 0.3 is 0 Å². The molecule has 2 aromatic rings. The summed E-state index contributed by atoms with van der Waals surface area (Å²) in [5.74, 6) is 0.720. The minimum Gasteiger partial charge on any atom is -0.339 e. The van der Waals surface area contributed by atoms with Gasteiger partial charge in [-0.3, -0.25) is 9.59 Å². The van der Waals surface area contributed by atoms with Crippen LogP contribution in [0.2, 0.25) is 0 Å². The third kappa shape index (κ3) is 3.75. The fourth-order valence-electron chi connectivity index (χ4n) is 4.01. The molecule has 1 aromatic carbocycles. The van der Waals surface area contributed by atoms with Crippen LogP contribution in [0.15, 0.2) is 24.3 Å².